The minimum atomic E-state index is 0.188. The number of Topliss-reactive ketones (excluding diaryl/α,β-unsaturated/α-hetero) is 1. The van der Waals surface area contributed by atoms with Crippen molar-refractivity contribution in [3.63, 3.8) is 0 Å². The van der Waals surface area contributed by atoms with Gasteiger partial charge in [0, 0.05) is 18.3 Å². The summed E-state index contributed by atoms with van der Waals surface area (Å²) in [5.74, 6) is 1.70. The SMILES string of the molecule is O=C1CC2CC1C1C=CC(=O)C21. The van der Waals surface area contributed by atoms with Crippen molar-refractivity contribution in [1.29, 1.82) is 0 Å². The highest BCUT2D eigenvalue weighted by Gasteiger charge is 2.55. The smallest absolute Gasteiger partial charge is 0.159 e. The Morgan fingerprint density at radius 2 is 2.17 bits per heavy atom. The Hall–Kier alpha value is -0.920. The van der Waals surface area contributed by atoms with Crippen LogP contribution in [0.5, 0.6) is 0 Å². The van der Waals surface area contributed by atoms with Gasteiger partial charge in [-0.3, -0.25) is 9.59 Å². The normalized spacial score (nSPS) is 49.0. The second kappa shape index (κ2) is 1.87. The van der Waals surface area contributed by atoms with Crippen LogP contribution in [0.2, 0.25) is 0 Å². The summed E-state index contributed by atoms with van der Waals surface area (Å²) in [6.45, 7) is 0. The van der Waals surface area contributed by atoms with E-state index in [9.17, 15) is 9.59 Å². The lowest BCUT2D eigenvalue weighted by Crippen LogP contribution is -2.27. The summed E-state index contributed by atoms with van der Waals surface area (Å²) < 4.78 is 0. The molecule has 12 heavy (non-hydrogen) atoms. The maximum absolute atomic E-state index is 11.4. The second-order valence-electron chi connectivity index (χ2n) is 4.14. The predicted molar refractivity (Wildman–Crippen MR) is 42.3 cm³/mol. The van der Waals surface area contributed by atoms with E-state index in [1.54, 1.807) is 6.08 Å². The fourth-order valence-corrected chi connectivity index (χ4v) is 3.15. The summed E-state index contributed by atoms with van der Waals surface area (Å²) in [5.41, 5.74) is 0. The first kappa shape index (κ1) is 6.58. The zero-order valence-electron chi connectivity index (χ0n) is 6.69. The molecule has 4 atom stereocenters. The average molecular weight is 162 g/mol. The second-order valence-corrected chi connectivity index (χ2v) is 4.14. The van der Waals surface area contributed by atoms with Gasteiger partial charge in [-0.25, -0.2) is 0 Å². The molecular formula is C10H10O2. The summed E-state index contributed by atoms with van der Waals surface area (Å²) in [5, 5.41) is 0. The first-order valence-electron chi connectivity index (χ1n) is 4.52. The van der Waals surface area contributed by atoms with Gasteiger partial charge in [0.2, 0.25) is 0 Å². The number of carbonyl (C=O) groups excluding carboxylic acids is 2. The van der Waals surface area contributed by atoms with Gasteiger partial charge in [0.1, 0.15) is 5.78 Å². The first-order chi connectivity index (χ1) is 5.77. The standard InChI is InChI=1S/C10H10O2/c11-8-2-1-6-7-3-5(10(6)8)4-9(7)12/h1-2,5-7,10H,3-4H2. The number of hydrogen-bond acceptors (Lipinski definition) is 2. The van der Waals surface area contributed by atoms with E-state index in [-0.39, 0.29) is 23.5 Å². The van der Waals surface area contributed by atoms with Crippen molar-refractivity contribution >= 4 is 11.6 Å². The number of rotatable bonds is 0. The molecule has 0 amide bonds. The van der Waals surface area contributed by atoms with Gasteiger partial charge >= 0.3 is 0 Å². The molecule has 0 spiro atoms. The van der Waals surface area contributed by atoms with E-state index < -0.39 is 0 Å². The topological polar surface area (TPSA) is 34.1 Å². The number of carbonyl (C=O) groups is 2. The lowest BCUT2D eigenvalue weighted by atomic mass is 9.80. The van der Waals surface area contributed by atoms with E-state index in [1.807, 2.05) is 6.08 Å². The number of ketones is 2. The third-order valence-corrected chi connectivity index (χ3v) is 3.63. The number of allylic oxidation sites excluding steroid dienone is 2. The molecule has 2 heteroatoms. The largest absolute Gasteiger partial charge is 0.299 e. The van der Waals surface area contributed by atoms with Gasteiger partial charge in [0.25, 0.3) is 0 Å². The molecule has 2 fully saturated rings. The molecule has 0 N–H and O–H groups in total. The van der Waals surface area contributed by atoms with E-state index in [2.05, 4.69) is 0 Å². The van der Waals surface area contributed by atoms with E-state index >= 15 is 0 Å². The van der Waals surface area contributed by atoms with Crippen LogP contribution in [0.4, 0.5) is 0 Å². The predicted octanol–water partition coefficient (Wildman–Crippen LogP) is 0.967. The summed E-state index contributed by atoms with van der Waals surface area (Å²) in [6.07, 6.45) is 5.27. The molecule has 62 valence electrons. The molecule has 0 heterocycles. The molecule has 2 bridgehead atoms. The van der Waals surface area contributed by atoms with Gasteiger partial charge in [-0.05, 0) is 24.3 Å². The fraction of sp³-hybridized carbons (Fsp3) is 0.600. The zero-order valence-corrected chi connectivity index (χ0v) is 6.69. The monoisotopic (exact) mass is 162 g/mol. The quantitative estimate of drug-likeness (QED) is 0.531. The maximum Gasteiger partial charge on any atom is 0.159 e. The van der Waals surface area contributed by atoms with Crippen molar-refractivity contribution in [2.45, 2.75) is 12.8 Å². The fourth-order valence-electron chi connectivity index (χ4n) is 3.15. The molecule has 2 saturated carbocycles. The average Bonchev–Trinajstić information content (AvgIpc) is 2.62. The molecule has 3 rings (SSSR count). The van der Waals surface area contributed by atoms with Crippen molar-refractivity contribution in [1.82, 2.24) is 0 Å². The van der Waals surface area contributed by atoms with Crippen LogP contribution in [0.3, 0.4) is 0 Å². The molecule has 0 aliphatic heterocycles. The van der Waals surface area contributed by atoms with Crippen LogP contribution in [0.1, 0.15) is 12.8 Å². The van der Waals surface area contributed by atoms with E-state index in [4.69, 9.17) is 0 Å². The Labute approximate surface area is 70.6 Å². The summed E-state index contributed by atoms with van der Waals surface area (Å²) in [4.78, 5) is 22.7. The Bertz CT molecular complexity index is 303. The van der Waals surface area contributed by atoms with Gasteiger partial charge in [-0.1, -0.05) is 6.08 Å². The van der Waals surface area contributed by atoms with Crippen LogP contribution in [-0.4, -0.2) is 11.6 Å². The minimum Gasteiger partial charge on any atom is -0.299 e. The van der Waals surface area contributed by atoms with Crippen LogP contribution in [0, 0.1) is 23.7 Å². The Morgan fingerprint density at radius 1 is 1.33 bits per heavy atom. The molecule has 0 aromatic heterocycles. The van der Waals surface area contributed by atoms with Gasteiger partial charge in [0.15, 0.2) is 5.78 Å². The number of fused-ring (bicyclic) bond motifs is 5. The van der Waals surface area contributed by atoms with Gasteiger partial charge in [0.05, 0.1) is 0 Å². The molecule has 4 unspecified atom stereocenters. The van der Waals surface area contributed by atoms with Crippen molar-refractivity contribution in [2.24, 2.45) is 23.7 Å². The van der Waals surface area contributed by atoms with Crippen molar-refractivity contribution in [3.8, 4) is 0 Å². The third kappa shape index (κ3) is 0.576. The van der Waals surface area contributed by atoms with Crippen LogP contribution in [0.15, 0.2) is 12.2 Å². The van der Waals surface area contributed by atoms with Crippen LogP contribution in [0.25, 0.3) is 0 Å². The molecule has 3 aliphatic rings. The third-order valence-electron chi connectivity index (χ3n) is 3.63. The van der Waals surface area contributed by atoms with Crippen molar-refractivity contribution in [2.75, 3.05) is 0 Å². The molecular weight excluding hydrogens is 152 g/mol. The van der Waals surface area contributed by atoms with E-state index in [0.29, 0.717) is 18.1 Å². The minimum absolute atomic E-state index is 0.188. The molecule has 2 nitrogen and oxygen atoms in total. The molecule has 3 aliphatic carbocycles. The molecule has 0 aromatic rings. The van der Waals surface area contributed by atoms with Crippen LogP contribution >= 0.6 is 0 Å². The molecule has 0 saturated heterocycles. The van der Waals surface area contributed by atoms with Crippen molar-refractivity contribution < 1.29 is 9.59 Å². The summed E-state index contributed by atoms with van der Waals surface area (Å²) >= 11 is 0. The first-order valence-corrected chi connectivity index (χ1v) is 4.52. The molecule has 0 radical (unpaired) electrons. The van der Waals surface area contributed by atoms with E-state index in [1.165, 1.54) is 0 Å². The van der Waals surface area contributed by atoms with Crippen LogP contribution in [-0.2, 0) is 9.59 Å². The zero-order chi connectivity index (χ0) is 8.29. The highest BCUT2D eigenvalue weighted by Crippen LogP contribution is 2.53. The lowest BCUT2D eigenvalue weighted by molar-refractivity contribution is -0.126. The Balaban J connectivity index is 2.03. The highest BCUT2D eigenvalue weighted by atomic mass is 16.1. The van der Waals surface area contributed by atoms with E-state index in [0.717, 1.165) is 6.42 Å². The van der Waals surface area contributed by atoms with Gasteiger partial charge in [-0.15, -0.1) is 0 Å². The molecule has 0 aromatic carbocycles. The van der Waals surface area contributed by atoms with Crippen molar-refractivity contribution in [3.05, 3.63) is 12.2 Å². The summed E-state index contributed by atoms with van der Waals surface area (Å²) in [6, 6.07) is 0. The lowest BCUT2D eigenvalue weighted by Gasteiger charge is -2.21. The highest BCUT2D eigenvalue weighted by molar-refractivity contribution is 5.99. The maximum atomic E-state index is 11.4. The van der Waals surface area contributed by atoms with Gasteiger partial charge in [-0.2, -0.15) is 0 Å². The number of hydrogen-bond donors (Lipinski definition) is 0. The Morgan fingerprint density at radius 3 is 3.00 bits per heavy atom. The summed E-state index contributed by atoms with van der Waals surface area (Å²) in [7, 11) is 0. The van der Waals surface area contributed by atoms with Gasteiger partial charge < -0.3 is 0 Å². The van der Waals surface area contributed by atoms with Crippen LogP contribution < -0.4 is 0 Å². The Kier molecular flexibility index (Phi) is 1.03.